The third-order valence-electron chi connectivity index (χ3n) is 7.65. The number of amidine groups is 1. The van der Waals surface area contributed by atoms with Gasteiger partial charge < -0.3 is 0 Å². The molecule has 3 nitrogen and oxygen atoms in total. The van der Waals surface area contributed by atoms with Gasteiger partial charge in [-0.2, -0.15) is 0 Å². The van der Waals surface area contributed by atoms with Crippen LogP contribution in [0.3, 0.4) is 0 Å². The normalized spacial score (nSPS) is 32.4. The van der Waals surface area contributed by atoms with Crippen LogP contribution in [0.5, 0.6) is 0 Å². The lowest BCUT2D eigenvalue weighted by Crippen LogP contribution is -2.51. The van der Waals surface area contributed by atoms with E-state index >= 15 is 0 Å². The zero-order valence-electron chi connectivity index (χ0n) is 18.0. The van der Waals surface area contributed by atoms with Gasteiger partial charge in [-0.1, -0.05) is 70.8 Å². The van der Waals surface area contributed by atoms with Crippen molar-refractivity contribution in [3.63, 3.8) is 0 Å². The Labute approximate surface area is 172 Å². The topological polar surface area (TPSA) is 32.7 Å². The number of hydrogen-bond donors (Lipinski definition) is 0. The number of piperidine rings is 1. The van der Waals surface area contributed by atoms with E-state index in [0.29, 0.717) is 36.2 Å². The van der Waals surface area contributed by atoms with E-state index in [-0.39, 0.29) is 0 Å². The molecule has 1 unspecified atom stereocenters. The third-order valence-corrected chi connectivity index (χ3v) is 7.65. The Kier molecular flexibility index (Phi) is 6.90. The lowest BCUT2D eigenvalue weighted by atomic mass is 9.82. The number of hydrogen-bond acceptors (Lipinski definition) is 2. The van der Waals surface area contributed by atoms with Crippen LogP contribution in [-0.4, -0.2) is 28.7 Å². The second kappa shape index (κ2) is 9.59. The maximum Gasteiger partial charge on any atom is 0.229 e. The average molecular weight is 385 g/mol. The van der Waals surface area contributed by atoms with Crippen molar-refractivity contribution in [3.05, 3.63) is 11.6 Å². The second-order valence-electron chi connectivity index (χ2n) is 9.93. The number of carbonyl (C=O) groups is 1. The summed E-state index contributed by atoms with van der Waals surface area (Å²) >= 11 is 0. The minimum atomic E-state index is 0.330. The van der Waals surface area contributed by atoms with Crippen LogP contribution in [0.15, 0.2) is 16.6 Å². The summed E-state index contributed by atoms with van der Waals surface area (Å²) in [5.74, 6) is 2.48. The molecule has 3 saturated carbocycles. The molecule has 156 valence electrons. The molecule has 4 fully saturated rings. The number of carbonyl (C=O) groups excluding carboxylic acids is 1. The highest BCUT2D eigenvalue weighted by Gasteiger charge is 2.38. The molecule has 0 aromatic heterocycles. The van der Waals surface area contributed by atoms with Crippen LogP contribution in [-0.2, 0) is 4.79 Å². The molecule has 1 saturated heterocycles. The number of likely N-dealkylation sites (tertiary alicyclic amines) is 1. The molecular formula is C25H40N2O. The van der Waals surface area contributed by atoms with Crippen molar-refractivity contribution >= 4 is 11.7 Å². The van der Waals surface area contributed by atoms with Crippen molar-refractivity contribution < 1.29 is 4.79 Å². The largest absolute Gasteiger partial charge is 0.294 e. The van der Waals surface area contributed by atoms with Crippen LogP contribution in [0.25, 0.3) is 0 Å². The van der Waals surface area contributed by atoms with E-state index in [1.807, 2.05) is 0 Å². The van der Waals surface area contributed by atoms with E-state index in [1.165, 1.54) is 102 Å². The summed E-state index contributed by atoms with van der Waals surface area (Å²) in [7, 11) is 0. The van der Waals surface area contributed by atoms with Crippen LogP contribution >= 0.6 is 0 Å². The van der Waals surface area contributed by atoms with Gasteiger partial charge >= 0.3 is 0 Å². The van der Waals surface area contributed by atoms with Gasteiger partial charge in [0.1, 0.15) is 5.84 Å². The summed E-state index contributed by atoms with van der Waals surface area (Å²) in [6.45, 7) is 2.27. The lowest BCUT2D eigenvalue weighted by Gasteiger charge is -2.41. The zero-order chi connectivity index (χ0) is 19.3. The van der Waals surface area contributed by atoms with Crippen LogP contribution in [0.4, 0.5) is 0 Å². The van der Waals surface area contributed by atoms with E-state index in [4.69, 9.17) is 4.99 Å². The molecule has 0 spiro atoms. The highest BCUT2D eigenvalue weighted by Crippen LogP contribution is 2.36. The van der Waals surface area contributed by atoms with E-state index < -0.39 is 0 Å². The number of rotatable bonds is 3. The standard InChI is InChI=1S/C25H40N2O/c1-19-17-24(28)27(22-15-9-4-10-16-22)25(26-21-13-7-3-8-14-21)23(19)18-20-11-5-2-6-12-20/h18-22H,2-17H2,1H3/b23-18+,26-25?. The fraction of sp³-hybridized carbons (Fsp3) is 0.840. The molecule has 0 aromatic rings. The molecule has 1 heterocycles. The van der Waals surface area contributed by atoms with Gasteiger partial charge in [0.05, 0.1) is 6.04 Å². The number of aliphatic imine (C=N–C) groups is 1. The maximum atomic E-state index is 13.2. The predicted octanol–water partition coefficient (Wildman–Crippen LogP) is 6.43. The van der Waals surface area contributed by atoms with Crippen molar-refractivity contribution in [2.45, 2.75) is 122 Å². The molecule has 0 N–H and O–H groups in total. The molecule has 4 aliphatic rings. The van der Waals surface area contributed by atoms with Crippen LogP contribution in [0.1, 0.15) is 110 Å². The molecule has 1 aliphatic heterocycles. The Morgan fingerprint density at radius 2 is 1.39 bits per heavy atom. The smallest absolute Gasteiger partial charge is 0.229 e. The van der Waals surface area contributed by atoms with Crippen molar-refractivity contribution in [1.82, 2.24) is 4.90 Å². The van der Waals surface area contributed by atoms with E-state index in [0.717, 1.165) is 5.84 Å². The number of nitrogens with zero attached hydrogens (tertiary/aromatic N) is 2. The van der Waals surface area contributed by atoms with Crippen molar-refractivity contribution in [1.29, 1.82) is 0 Å². The molecule has 0 radical (unpaired) electrons. The molecule has 0 bridgehead atoms. The first-order chi connectivity index (χ1) is 13.7. The minimum Gasteiger partial charge on any atom is -0.294 e. The first kappa shape index (κ1) is 20.2. The lowest BCUT2D eigenvalue weighted by molar-refractivity contribution is -0.130. The van der Waals surface area contributed by atoms with Gasteiger partial charge in [0.25, 0.3) is 0 Å². The molecule has 3 aliphatic carbocycles. The molecular weight excluding hydrogens is 344 g/mol. The first-order valence-electron chi connectivity index (χ1n) is 12.3. The van der Waals surface area contributed by atoms with E-state index in [9.17, 15) is 4.79 Å². The van der Waals surface area contributed by atoms with Gasteiger partial charge in [-0.3, -0.25) is 14.7 Å². The van der Waals surface area contributed by atoms with Gasteiger partial charge in [-0.15, -0.1) is 0 Å². The van der Waals surface area contributed by atoms with Gasteiger partial charge in [0, 0.05) is 12.5 Å². The summed E-state index contributed by atoms with van der Waals surface area (Å²) in [6.07, 6.45) is 22.6. The van der Waals surface area contributed by atoms with Crippen LogP contribution in [0, 0.1) is 11.8 Å². The minimum absolute atomic E-state index is 0.330. The predicted molar refractivity (Wildman–Crippen MR) is 116 cm³/mol. The summed E-state index contributed by atoms with van der Waals surface area (Å²) in [5, 5.41) is 0. The Balaban J connectivity index is 1.67. The zero-order valence-corrected chi connectivity index (χ0v) is 18.0. The number of amides is 1. The fourth-order valence-electron chi connectivity index (χ4n) is 5.98. The van der Waals surface area contributed by atoms with Crippen molar-refractivity contribution in [2.24, 2.45) is 16.8 Å². The van der Waals surface area contributed by atoms with Crippen molar-refractivity contribution in [3.8, 4) is 0 Å². The monoisotopic (exact) mass is 384 g/mol. The molecule has 1 atom stereocenters. The molecule has 0 aromatic carbocycles. The summed E-state index contributed by atoms with van der Waals surface area (Å²) in [4.78, 5) is 20.8. The van der Waals surface area contributed by atoms with Gasteiger partial charge in [-0.05, 0) is 55.9 Å². The maximum absolute atomic E-state index is 13.2. The van der Waals surface area contributed by atoms with Crippen molar-refractivity contribution in [2.75, 3.05) is 0 Å². The van der Waals surface area contributed by atoms with Gasteiger partial charge in [0.15, 0.2) is 0 Å². The molecule has 4 rings (SSSR count). The highest BCUT2D eigenvalue weighted by molar-refractivity contribution is 6.11. The molecule has 3 heteroatoms. The fourth-order valence-corrected chi connectivity index (χ4v) is 5.98. The summed E-state index contributed by atoms with van der Waals surface area (Å²) in [6, 6.07) is 0.827. The molecule has 28 heavy (non-hydrogen) atoms. The second-order valence-corrected chi connectivity index (χ2v) is 9.93. The quantitative estimate of drug-likeness (QED) is 0.552. The Hall–Kier alpha value is -1.12. The SMILES string of the molecule is CC1CC(=O)N(C2CCCCC2)C(=NC2CCCCC2)/C1=C/C1CCCCC1. The summed E-state index contributed by atoms with van der Waals surface area (Å²) in [5.41, 5.74) is 1.42. The number of allylic oxidation sites excluding steroid dienone is 1. The highest BCUT2D eigenvalue weighted by atomic mass is 16.2. The Morgan fingerprint density at radius 3 is 2.04 bits per heavy atom. The van der Waals surface area contributed by atoms with E-state index in [1.54, 1.807) is 0 Å². The Bertz CT molecular complexity index is 590. The molecule has 1 amide bonds. The first-order valence-corrected chi connectivity index (χ1v) is 12.3. The van der Waals surface area contributed by atoms with Gasteiger partial charge in [-0.25, -0.2) is 0 Å². The van der Waals surface area contributed by atoms with Gasteiger partial charge in [0.2, 0.25) is 5.91 Å². The average Bonchev–Trinajstić information content (AvgIpc) is 2.73. The summed E-state index contributed by atoms with van der Waals surface area (Å²) < 4.78 is 0. The third kappa shape index (κ3) is 4.71. The van der Waals surface area contributed by atoms with Crippen LogP contribution < -0.4 is 0 Å². The Morgan fingerprint density at radius 1 is 0.821 bits per heavy atom. The van der Waals surface area contributed by atoms with E-state index in [2.05, 4.69) is 17.9 Å². The van der Waals surface area contributed by atoms with Crippen LogP contribution in [0.2, 0.25) is 0 Å².